The van der Waals surface area contributed by atoms with E-state index in [1.807, 2.05) is 6.20 Å². The molecule has 9 heteroatoms. The zero-order valence-electron chi connectivity index (χ0n) is 14.0. The highest BCUT2D eigenvalue weighted by atomic mass is 35.5. The molecule has 0 radical (unpaired) electrons. The standard InChI is InChI=1S/C17H18N6OS.ClH/c24-16(13-1-2-15(20-9-13)23-8-7-19-11-23)22-17-21-10-14(25-17)12-3-5-18-6-4-12;/h1-2,7-12,18H,3-6H2,(H,21,22,24);1H. The molecule has 3 aromatic heterocycles. The molecule has 1 fully saturated rings. The van der Waals surface area contributed by atoms with E-state index in [9.17, 15) is 4.79 Å². The number of imidazole rings is 1. The van der Waals surface area contributed by atoms with Crippen molar-refractivity contribution in [3.8, 4) is 5.82 Å². The molecule has 0 aliphatic carbocycles. The van der Waals surface area contributed by atoms with Crippen LogP contribution in [0.2, 0.25) is 0 Å². The Bertz CT molecular complexity index is 843. The third-order valence-corrected chi connectivity index (χ3v) is 5.34. The lowest BCUT2D eigenvalue weighted by molar-refractivity contribution is 0.102. The highest BCUT2D eigenvalue weighted by molar-refractivity contribution is 7.15. The number of piperidine rings is 1. The molecule has 0 spiro atoms. The number of halogens is 1. The van der Waals surface area contributed by atoms with Gasteiger partial charge < -0.3 is 5.32 Å². The largest absolute Gasteiger partial charge is 0.317 e. The number of amides is 1. The molecule has 0 atom stereocenters. The van der Waals surface area contributed by atoms with Crippen molar-refractivity contribution in [3.05, 3.63) is 53.7 Å². The Labute approximate surface area is 161 Å². The minimum Gasteiger partial charge on any atom is -0.317 e. The Balaban J connectivity index is 0.00000196. The first kappa shape index (κ1) is 18.5. The van der Waals surface area contributed by atoms with Crippen LogP contribution in [0, 0.1) is 0 Å². The predicted molar refractivity (Wildman–Crippen MR) is 104 cm³/mol. The number of nitrogens with one attached hydrogen (secondary N) is 2. The van der Waals surface area contributed by atoms with Crippen LogP contribution in [0.4, 0.5) is 5.13 Å². The summed E-state index contributed by atoms with van der Waals surface area (Å²) >= 11 is 1.56. The summed E-state index contributed by atoms with van der Waals surface area (Å²) in [5.41, 5.74) is 0.502. The summed E-state index contributed by atoms with van der Waals surface area (Å²) in [6.07, 6.45) is 10.8. The number of carbonyl (C=O) groups excluding carboxylic acids is 1. The van der Waals surface area contributed by atoms with Gasteiger partial charge in [0.2, 0.25) is 0 Å². The van der Waals surface area contributed by atoms with Crippen LogP contribution in [0.1, 0.15) is 34.0 Å². The molecule has 0 saturated carbocycles. The zero-order valence-corrected chi connectivity index (χ0v) is 15.6. The second-order valence-corrected chi connectivity index (χ2v) is 6.98. The Morgan fingerprint density at radius 1 is 1.23 bits per heavy atom. The number of pyridine rings is 1. The van der Waals surface area contributed by atoms with Crippen LogP contribution in [0.5, 0.6) is 0 Å². The van der Waals surface area contributed by atoms with Crippen molar-refractivity contribution in [2.24, 2.45) is 0 Å². The van der Waals surface area contributed by atoms with Crippen molar-refractivity contribution < 1.29 is 4.79 Å². The molecular weight excluding hydrogens is 372 g/mol. The van der Waals surface area contributed by atoms with Gasteiger partial charge in [0.25, 0.3) is 5.91 Å². The van der Waals surface area contributed by atoms with Crippen molar-refractivity contribution >= 4 is 34.8 Å². The van der Waals surface area contributed by atoms with Gasteiger partial charge in [-0.3, -0.25) is 14.7 Å². The molecule has 4 heterocycles. The molecule has 26 heavy (non-hydrogen) atoms. The van der Waals surface area contributed by atoms with E-state index in [2.05, 4.69) is 25.6 Å². The molecular formula is C17H19ClN6OS. The maximum absolute atomic E-state index is 12.4. The second kappa shape index (κ2) is 8.39. The summed E-state index contributed by atoms with van der Waals surface area (Å²) in [7, 11) is 0. The fourth-order valence-electron chi connectivity index (χ4n) is 2.88. The van der Waals surface area contributed by atoms with Gasteiger partial charge in [-0.1, -0.05) is 0 Å². The Morgan fingerprint density at radius 2 is 2.08 bits per heavy atom. The molecule has 1 saturated heterocycles. The van der Waals surface area contributed by atoms with Gasteiger partial charge >= 0.3 is 0 Å². The highest BCUT2D eigenvalue weighted by Crippen LogP contribution is 2.31. The first-order valence-corrected chi connectivity index (χ1v) is 9.03. The molecule has 136 valence electrons. The summed E-state index contributed by atoms with van der Waals surface area (Å²) in [6.45, 7) is 2.08. The average Bonchev–Trinajstić information content (AvgIpc) is 3.35. The van der Waals surface area contributed by atoms with E-state index in [0.717, 1.165) is 31.7 Å². The molecule has 1 aliphatic rings. The van der Waals surface area contributed by atoms with Crippen molar-refractivity contribution in [2.45, 2.75) is 18.8 Å². The van der Waals surface area contributed by atoms with E-state index >= 15 is 0 Å². The lowest BCUT2D eigenvalue weighted by Gasteiger charge is -2.20. The maximum atomic E-state index is 12.4. The number of hydrogen-bond donors (Lipinski definition) is 2. The van der Waals surface area contributed by atoms with Crippen LogP contribution in [-0.2, 0) is 0 Å². The molecule has 7 nitrogen and oxygen atoms in total. The van der Waals surface area contributed by atoms with Gasteiger partial charge in [-0.05, 0) is 44.0 Å². The monoisotopic (exact) mass is 390 g/mol. The topological polar surface area (TPSA) is 84.7 Å². The van der Waals surface area contributed by atoms with Gasteiger partial charge in [0.1, 0.15) is 12.1 Å². The first-order valence-electron chi connectivity index (χ1n) is 8.22. The lowest BCUT2D eigenvalue weighted by atomic mass is 9.97. The van der Waals surface area contributed by atoms with Crippen LogP contribution in [-0.4, -0.2) is 38.5 Å². The van der Waals surface area contributed by atoms with E-state index < -0.39 is 0 Å². The molecule has 1 aliphatic heterocycles. The van der Waals surface area contributed by atoms with Crippen LogP contribution in [0.25, 0.3) is 5.82 Å². The van der Waals surface area contributed by atoms with Crippen molar-refractivity contribution in [1.29, 1.82) is 0 Å². The molecule has 0 aromatic carbocycles. The summed E-state index contributed by atoms with van der Waals surface area (Å²) in [4.78, 5) is 26.3. The van der Waals surface area contributed by atoms with E-state index in [1.165, 1.54) is 4.88 Å². The number of nitrogens with zero attached hydrogens (tertiary/aromatic N) is 4. The lowest BCUT2D eigenvalue weighted by Crippen LogP contribution is -2.26. The maximum Gasteiger partial charge on any atom is 0.259 e. The van der Waals surface area contributed by atoms with Gasteiger partial charge in [-0.15, -0.1) is 23.7 Å². The number of anilines is 1. The minimum absolute atomic E-state index is 0. The van der Waals surface area contributed by atoms with E-state index in [-0.39, 0.29) is 18.3 Å². The van der Waals surface area contributed by atoms with Crippen molar-refractivity contribution in [3.63, 3.8) is 0 Å². The SMILES string of the molecule is Cl.O=C(Nc1ncc(C2CCNCC2)s1)c1ccc(-n2ccnc2)nc1. The van der Waals surface area contributed by atoms with Gasteiger partial charge in [-0.25, -0.2) is 15.0 Å². The Kier molecular flexibility index (Phi) is 5.97. The average molecular weight is 391 g/mol. The van der Waals surface area contributed by atoms with E-state index in [0.29, 0.717) is 16.6 Å². The van der Waals surface area contributed by atoms with Crippen LogP contribution >= 0.6 is 23.7 Å². The fraction of sp³-hybridized carbons (Fsp3) is 0.294. The van der Waals surface area contributed by atoms with Gasteiger partial charge in [0.15, 0.2) is 5.13 Å². The summed E-state index contributed by atoms with van der Waals surface area (Å²) in [5, 5.41) is 6.86. The number of carbonyl (C=O) groups is 1. The molecule has 1 amide bonds. The number of aromatic nitrogens is 4. The Morgan fingerprint density at radius 3 is 2.77 bits per heavy atom. The zero-order chi connectivity index (χ0) is 17.1. The summed E-state index contributed by atoms with van der Waals surface area (Å²) < 4.78 is 1.79. The molecule has 0 unspecified atom stereocenters. The molecule has 3 aromatic rings. The van der Waals surface area contributed by atoms with Crippen LogP contribution in [0.3, 0.4) is 0 Å². The van der Waals surface area contributed by atoms with E-state index in [1.54, 1.807) is 53.0 Å². The van der Waals surface area contributed by atoms with Gasteiger partial charge in [0, 0.05) is 29.7 Å². The van der Waals surface area contributed by atoms with Gasteiger partial charge in [-0.2, -0.15) is 0 Å². The fourth-order valence-corrected chi connectivity index (χ4v) is 3.86. The Hall–Kier alpha value is -2.29. The minimum atomic E-state index is -0.198. The summed E-state index contributed by atoms with van der Waals surface area (Å²) in [5.74, 6) is 1.06. The quantitative estimate of drug-likeness (QED) is 0.715. The van der Waals surface area contributed by atoms with Crippen molar-refractivity contribution in [1.82, 2.24) is 24.8 Å². The normalized spacial score (nSPS) is 14.6. The molecule has 0 bridgehead atoms. The number of rotatable bonds is 4. The first-order chi connectivity index (χ1) is 12.3. The molecule has 4 rings (SSSR count). The molecule has 2 N–H and O–H groups in total. The third kappa shape index (κ3) is 4.09. The second-order valence-electron chi connectivity index (χ2n) is 5.92. The van der Waals surface area contributed by atoms with Crippen molar-refractivity contribution in [2.75, 3.05) is 18.4 Å². The van der Waals surface area contributed by atoms with E-state index in [4.69, 9.17) is 0 Å². The summed E-state index contributed by atoms with van der Waals surface area (Å²) in [6, 6.07) is 3.54. The third-order valence-electron chi connectivity index (χ3n) is 4.26. The predicted octanol–water partition coefficient (Wildman–Crippen LogP) is 2.86. The number of thiazole rings is 1. The van der Waals surface area contributed by atoms with Gasteiger partial charge in [0.05, 0.1) is 5.56 Å². The highest BCUT2D eigenvalue weighted by Gasteiger charge is 2.18. The number of hydrogen-bond acceptors (Lipinski definition) is 6. The van der Waals surface area contributed by atoms with Crippen LogP contribution in [0.15, 0.2) is 43.2 Å². The van der Waals surface area contributed by atoms with Crippen LogP contribution < -0.4 is 10.6 Å². The smallest absolute Gasteiger partial charge is 0.259 e.